The maximum absolute atomic E-state index is 13.8. The highest BCUT2D eigenvalue weighted by molar-refractivity contribution is 7.92. The van der Waals surface area contributed by atoms with Gasteiger partial charge in [0.05, 0.1) is 17.7 Å². The van der Waals surface area contributed by atoms with Crippen molar-refractivity contribution in [2.75, 3.05) is 31.6 Å². The van der Waals surface area contributed by atoms with Gasteiger partial charge in [-0.25, -0.2) is 8.42 Å². The van der Waals surface area contributed by atoms with Gasteiger partial charge in [0.2, 0.25) is 11.8 Å². The first-order valence-corrected chi connectivity index (χ1v) is 13.5. The topological polar surface area (TPSA) is 96.0 Å². The van der Waals surface area contributed by atoms with Crippen LogP contribution in [0.5, 0.6) is 5.75 Å². The first-order valence-electron chi connectivity index (χ1n) is 12.1. The summed E-state index contributed by atoms with van der Waals surface area (Å²) in [4.78, 5) is 28.1. The van der Waals surface area contributed by atoms with Crippen LogP contribution in [0.15, 0.2) is 89.8 Å². The fourth-order valence-electron chi connectivity index (χ4n) is 4.13. The van der Waals surface area contributed by atoms with E-state index in [9.17, 15) is 18.0 Å². The molecule has 196 valence electrons. The molecule has 0 saturated heterocycles. The zero-order valence-corrected chi connectivity index (χ0v) is 22.1. The summed E-state index contributed by atoms with van der Waals surface area (Å²) in [6, 6.07) is 23.4. The largest absolute Gasteiger partial charge is 0.495 e. The molecular formula is C28H33N3O5S. The molecule has 1 N–H and O–H groups in total. The zero-order chi connectivity index (χ0) is 26.8. The van der Waals surface area contributed by atoms with Gasteiger partial charge in [-0.3, -0.25) is 13.9 Å². The minimum absolute atomic E-state index is 0.0443. The molecule has 0 aliphatic rings. The summed E-state index contributed by atoms with van der Waals surface area (Å²) < 4.78 is 34.1. The fourth-order valence-corrected chi connectivity index (χ4v) is 5.58. The molecule has 0 aliphatic heterocycles. The molecule has 3 rings (SSSR count). The van der Waals surface area contributed by atoms with Crippen molar-refractivity contribution in [3.05, 3.63) is 90.5 Å². The van der Waals surface area contributed by atoms with Crippen LogP contribution in [0.25, 0.3) is 0 Å². The molecular weight excluding hydrogens is 490 g/mol. The molecule has 8 nitrogen and oxygen atoms in total. The molecule has 1 unspecified atom stereocenters. The number of hydrogen-bond acceptors (Lipinski definition) is 5. The molecule has 0 saturated carbocycles. The van der Waals surface area contributed by atoms with E-state index in [1.807, 2.05) is 37.3 Å². The molecule has 37 heavy (non-hydrogen) atoms. The third-order valence-electron chi connectivity index (χ3n) is 6.08. The van der Waals surface area contributed by atoms with Crippen LogP contribution in [0.2, 0.25) is 0 Å². The van der Waals surface area contributed by atoms with Crippen LogP contribution >= 0.6 is 0 Å². The van der Waals surface area contributed by atoms with Gasteiger partial charge >= 0.3 is 0 Å². The maximum Gasteiger partial charge on any atom is 0.264 e. The number of nitrogens with zero attached hydrogens (tertiary/aromatic N) is 2. The minimum atomic E-state index is -4.14. The Morgan fingerprint density at radius 1 is 0.919 bits per heavy atom. The van der Waals surface area contributed by atoms with Crippen molar-refractivity contribution in [2.24, 2.45) is 0 Å². The van der Waals surface area contributed by atoms with Gasteiger partial charge < -0.3 is 15.0 Å². The molecule has 9 heteroatoms. The van der Waals surface area contributed by atoms with E-state index >= 15 is 0 Å². The van der Waals surface area contributed by atoms with E-state index < -0.39 is 28.5 Å². The highest BCUT2D eigenvalue weighted by Gasteiger charge is 2.34. The van der Waals surface area contributed by atoms with E-state index in [1.165, 1.54) is 31.2 Å². The number of hydrogen-bond donors (Lipinski definition) is 1. The third-order valence-corrected chi connectivity index (χ3v) is 7.85. The Morgan fingerprint density at radius 3 is 2.11 bits per heavy atom. The van der Waals surface area contributed by atoms with Crippen LogP contribution in [0.1, 0.15) is 18.9 Å². The lowest BCUT2D eigenvalue weighted by molar-refractivity contribution is -0.139. The second-order valence-corrected chi connectivity index (χ2v) is 10.2. The lowest BCUT2D eigenvalue weighted by Gasteiger charge is -2.33. The van der Waals surface area contributed by atoms with E-state index in [0.717, 1.165) is 9.87 Å². The molecule has 0 aliphatic carbocycles. The standard InChI is InChI=1S/C28H33N3O5S/c1-4-24(28(33)29-2)30(20-19-22-13-7-5-8-14-22)27(32)21-31(25-17-11-12-18-26(25)36-3)37(34,35)23-15-9-6-10-16-23/h5-18,24H,4,19-21H2,1-3H3,(H,29,33). The summed E-state index contributed by atoms with van der Waals surface area (Å²) in [7, 11) is -1.17. The van der Waals surface area contributed by atoms with E-state index in [0.29, 0.717) is 18.6 Å². The van der Waals surface area contributed by atoms with Crippen LogP contribution < -0.4 is 14.4 Å². The molecule has 1 atom stereocenters. The number of carbonyl (C=O) groups is 2. The number of para-hydroxylation sites is 2. The Labute approximate surface area is 218 Å². The number of carbonyl (C=O) groups excluding carboxylic acids is 2. The van der Waals surface area contributed by atoms with Gasteiger partial charge in [-0.2, -0.15) is 0 Å². The Morgan fingerprint density at radius 2 is 1.51 bits per heavy atom. The zero-order valence-electron chi connectivity index (χ0n) is 21.3. The summed E-state index contributed by atoms with van der Waals surface area (Å²) >= 11 is 0. The number of nitrogens with one attached hydrogen (secondary N) is 1. The van der Waals surface area contributed by atoms with E-state index in [4.69, 9.17) is 4.74 Å². The molecule has 0 radical (unpaired) electrons. The smallest absolute Gasteiger partial charge is 0.264 e. The Kier molecular flexibility index (Phi) is 9.68. The Hall–Kier alpha value is -3.85. The Bertz CT molecular complexity index is 1280. The van der Waals surface area contributed by atoms with Crippen LogP contribution in [-0.4, -0.2) is 58.4 Å². The number of benzene rings is 3. The fraction of sp³-hybridized carbons (Fsp3) is 0.286. The average molecular weight is 524 g/mol. The summed E-state index contributed by atoms with van der Waals surface area (Å²) in [6.45, 7) is 1.57. The third kappa shape index (κ3) is 6.68. The number of ether oxygens (including phenoxy) is 1. The maximum atomic E-state index is 13.8. The second-order valence-electron chi connectivity index (χ2n) is 8.36. The van der Waals surface area contributed by atoms with Crippen molar-refractivity contribution in [2.45, 2.75) is 30.7 Å². The first kappa shape index (κ1) is 27.7. The number of methoxy groups -OCH3 is 1. The first-order chi connectivity index (χ1) is 17.8. The summed E-state index contributed by atoms with van der Waals surface area (Å²) in [5.74, 6) is -0.487. The predicted molar refractivity (Wildman–Crippen MR) is 144 cm³/mol. The molecule has 3 aromatic carbocycles. The number of likely N-dealkylation sites (N-methyl/N-ethyl adjacent to an activating group) is 1. The lowest BCUT2D eigenvalue weighted by Crippen LogP contribution is -2.52. The van der Waals surface area contributed by atoms with Gasteiger partial charge in [0, 0.05) is 13.6 Å². The van der Waals surface area contributed by atoms with Crippen molar-refractivity contribution in [1.29, 1.82) is 0 Å². The molecule has 3 aromatic rings. The van der Waals surface area contributed by atoms with E-state index in [2.05, 4.69) is 5.32 Å². The monoisotopic (exact) mass is 523 g/mol. The minimum Gasteiger partial charge on any atom is -0.495 e. The molecule has 0 aromatic heterocycles. The number of amides is 2. The van der Waals surface area contributed by atoms with Crippen molar-refractivity contribution in [1.82, 2.24) is 10.2 Å². The van der Waals surface area contributed by atoms with Crippen LogP contribution in [-0.2, 0) is 26.0 Å². The molecule has 0 bridgehead atoms. The van der Waals surface area contributed by atoms with Gasteiger partial charge in [-0.15, -0.1) is 0 Å². The van der Waals surface area contributed by atoms with Crippen LogP contribution in [0, 0.1) is 0 Å². The van der Waals surface area contributed by atoms with Crippen molar-refractivity contribution < 1.29 is 22.7 Å². The molecule has 0 heterocycles. The molecule has 0 fully saturated rings. The summed E-state index contributed by atoms with van der Waals surface area (Å²) in [6.07, 6.45) is 0.889. The lowest BCUT2D eigenvalue weighted by atomic mass is 10.1. The second kappa shape index (κ2) is 12.9. The van der Waals surface area contributed by atoms with Gasteiger partial charge in [0.1, 0.15) is 18.3 Å². The van der Waals surface area contributed by atoms with Crippen molar-refractivity contribution >= 4 is 27.5 Å². The predicted octanol–water partition coefficient (Wildman–Crippen LogP) is 3.49. The van der Waals surface area contributed by atoms with E-state index in [1.54, 1.807) is 42.5 Å². The summed E-state index contributed by atoms with van der Waals surface area (Å²) in [5.41, 5.74) is 1.24. The average Bonchev–Trinajstić information content (AvgIpc) is 2.94. The van der Waals surface area contributed by atoms with Crippen LogP contribution in [0.4, 0.5) is 5.69 Å². The highest BCUT2D eigenvalue weighted by atomic mass is 32.2. The van der Waals surface area contributed by atoms with Gasteiger partial charge in [-0.05, 0) is 42.7 Å². The molecule has 0 spiro atoms. The van der Waals surface area contributed by atoms with Gasteiger partial charge in [0.25, 0.3) is 10.0 Å². The summed E-state index contributed by atoms with van der Waals surface area (Å²) in [5, 5.41) is 2.62. The van der Waals surface area contributed by atoms with Gasteiger partial charge in [0.15, 0.2) is 0 Å². The molecule has 2 amide bonds. The number of sulfonamides is 1. The van der Waals surface area contributed by atoms with Crippen LogP contribution in [0.3, 0.4) is 0 Å². The van der Waals surface area contributed by atoms with Crippen molar-refractivity contribution in [3.63, 3.8) is 0 Å². The highest BCUT2D eigenvalue weighted by Crippen LogP contribution is 2.32. The van der Waals surface area contributed by atoms with Crippen molar-refractivity contribution in [3.8, 4) is 5.75 Å². The number of anilines is 1. The normalized spacial score (nSPS) is 11.9. The SMILES string of the molecule is CCC(C(=O)NC)N(CCc1ccccc1)C(=O)CN(c1ccccc1OC)S(=O)(=O)c1ccccc1. The Balaban J connectivity index is 2.03. The van der Waals surface area contributed by atoms with E-state index in [-0.39, 0.29) is 23.0 Å². The number of rotatable bonds is 12. The quantitative estimate of drug-likeness (QED) is 0.392. The van der Waals surface area contributed by atoms with Gasteiger partial charge in [-0.1, -0.05) is 67.6 Å².